The van der Waals surface area contributed by atoms with E-state index in [-0.39, 0.29) is 29.6 Å². The van der Waals surface area contributed by atoms with Crippen LogP contribution in [-0.2, 0) is 20.5 Å². The summed E-state index contributed by atoms with van der Waals surface area (Å²) in [7, 11) is 0. The molecule has 2 fully saturated rings. The van der Waals surface area contributed by atoms with Crippen LogP contribution in [0.4, 0.5) is 0 Å². The lowest BCUT2D eigenvalue weighted by Gasteiger charge is -2.24. The number of rotatable bonds is 5. The van der Waals surface area contributed by atoms with Crippen molar-refractivity contribution < 1.29 is 14.1 Å². The highest BCUT2D eigenvalue weighted by Gasteiger charge is 2.39. The number of carbonyl (C=O) groups excluding carboxylic acids is 2. The fraction of sp³-hybridized carbons (Fsp3) is 0.778. The lowest BCUT2D eigenvalue weighted by molar-refractivity contribution is -0.129. The average Bonchev–Trinajstić information content (AvgIpc) is 3.00. The van der Waals surface area contributed by atoms with E-state index in [4.69, 9.17) is 4.52 Å². The zero-order chi connectivity index (χ0) is 18.4. The Morgan fingerprint density at radius 2 is 1.96 bits per heavy atom. The Balaban J connectivity index is 1.63. The molecular formula is C18H28N4O3. The number of hydrogen-bond donors (Lipinski definition) is 1. The summed E-state index contributed by atoms with van der Waals surface area (Å²) < 4.78 is 5.33. The van der Waals surface area contributed by atoms with E-state index in [1.54, 1.807) is 0 Å². The van der Waals surface area contributed by atoms with Crippen molar-refractivity contribution in [1.82, 2.24) is 20.4 Å². The Morgan fingerprint density at radius 3 is 2.52 bits per heavy atom. The largest absolute Gasteiger partial charge is 0.343 e. The maximum Gasteiger partial charge on any atom is 0.232 e. The van der Waals surface area contributed by atoms with Crippen LogP contribution in [0.15, 0.2) is 4.52 Å². The second kappa shape index (κ2) is 6.11. The van der Waals surface area contributed by atoms with Crippen LogP contribution in [-0.4, -0.2) is 39.9 Å². The molecule has 1 aliphatic carbocycles. The molecule has 2 aliphatic rings. The molecule has 0 radical (unpaired) electrons. The van der Waals surface area contributed by atoms with E-state index in [0.717, 1.165) is 6.54 Å². The second-order valence-electron chi connectivity index (χ2n) is 8.93. The molecule has 3 rings (SSSR count). The van der Waals surface area contributed by atoms with E-state index in [2.05, 4.69) is 15.5 Å². The quantitative estimate of drug-likeness (QED) is 0.879. The van der Waals surface area contributed by atoms with Gasteiger partial charge in [-0.2, -0.15) is 4.98 Å². The standard InChI is InChI=1S/C18H28N4O3/c1-17(2,3)16-19-15(21-25-16)18(4,5)20-14(24)12-8-13(23)22(10-12)9-11-6-7-11/h11-12H,6-10H2,1-5H3,(H,20,24). The van der Waals surface area contributed by atoms with E-state index in [1.807, 2.05) is 39.5 Å². The number of hydrogen-bond acceptors (Lipinski definition) is 5. The van der Waals surface area contributed by atoms with Crippen LogP contribution in [0.5, 0.6) is 0 Å². The topological polar surface area (TPSA) is 88.3 Å². The first-order valence-corrected chi connectivity index (χ1v) is 9.01. The summed E-state index contributed by atoms with van der Waals surface area (Å²) in [5, 5.41) is 7.02. The third-order valence-corrected chi connectivity index (χ3v) is 4.82. The van der Waals surface area contributed by atoms with E-state index in [9.17, 15) is 9.59 Å². The number of nitrogens with zero attached hydrogens (tertiary/aromatic N) is 3. The van der Waals surface area contributed by atoms with Gasteiger partial charge in [0.1, 0.15) is 0 Å². The maximum atomic E-state index is 12.7. The summed E-state index contributed by atoms with van der Waals surface area (Å²) in [6, 6.07) is 0. The Morgan fingerprint density at radius 1 is 1.28 bits per heavy atom. The molecule has 1 saturated heterocycles. The number of aromatic nitrogens is 2. The minimum absolute atomic E-state index is 0.0828. The maximum absolute atomic E-state index is 12.7. The van der Waals surface area contributed by atoms with Crippen LogP contribution in [0.1, 0.15) is 65.6 Å². The van der Waals surface area contributed by atoms with Gasteiger partial charge in [0.2, 0.25) is 17.7 Å². The molecular weight excluding hydrogens is 320 g/mol. The zero-order valence-electron chi connectivity index (χ0n) is 15.8. The predicted molar refractivity (Wildman–Crippen MR) is 91.6 cm³/mol. The molecule has 0 bridgehead atoms. The van der Waals surface area contributed by atoms with Gasteiger partial charge in [0.25, 0.3) is 0 Å². The molecule has 25 heavy (non-hydrogen) atoms. The molecule has 0 aromatic carbocycles. The van der Waals surface area contributed by atoms with Crippen molar-refractivity contribution in [3.05, 3.63) is 11.7 Å². The highest BCUT2D eigenvalue weighted by molar-refractivity contribution is 5.89. The minimum Gasteiger partial charge on any atom is -0.343 e. The highest BCUT2D eigenvalue weighted by atomic mass is 16.5. The van der Waals surface area contributed by atoms with Gasteiger partial charge in [-0.05, 0) is 32.6 Å². The molecule has 138 valence electrons. The van der Waals surface area contributed by atoms with E-state index < -0.39 is 5.54 Å². The van der Waals surface area contributed by atoms with Gasteiger partial charge in [0, 0.05) is 24.9 Å². The van der Waals surface area contributed by atoms with Gasteiger partial charge < -0.3 is 14.7 Å². The first kappa shape index (κ1) is 17.9. The van der Waals surface area contributed by atoms with Crippen LogP contribution < -0.4 is 5.32 Å². The summed E-state index contributed by atoms with van der Waals surface area (Å²) in [5.41, 5.74) is -0.996. The molecule has 2 amide bonds. The third kappa shape index (κ3) is 4.02. The van der Waals surface area contributed by atoms with Gasteiger partial charge in [0.05, 0.1) is 11.5 Å². The molecule has 1 atom stereocenters. The first-order valence-electron chi connectivity index (χ1n) is 9.01. The van der Waals surface area contributed by atoms with Crippen LogP contribution in [0.3, 0.4) is 0 Å². The molecule has 1 aromatic rings. The molecule has 1 aliphatic heterocycles. The smallest absolute Gasteiger partial charge is 0.232 e. The molecule has 1 saturated carbocycles. The summed E-state index contributed by atoms with van der Waals surface area (Å²) in [4.78, 5) is 31.0. The van der Waals surface area contributed by atoms with Crippen molar-refractivity contribution >= 4 is 11.8 Å². The van der Waals surface area contributed by atoms with Gasteiger partial charge in [-0.25, -0.2) is 0 Å². The summed E-state index contributed by atoms with van der Waals surface area (Å²) in [6.45, 7) is 11.0. The van der Waals surface area contributed by atoms with Gasteiger partial charge >= 0.3 is 0 Å². The summed E-state index contributed by atoms with van der Waals surface area (Å²) in [6.07, 6.45) is 2.68. The molecule has 1 aromatic heterocycles. The van der Waals surface area contributed by atoms with Crippen molar-refractivity contribution in [2.45, 2.75) is 64.8 Å². The van der Waals surface area contributed by atoms with E-state index in [1.165, 1.54) is 12.8 Å². The fourth-order valence-electron chi connectivity index (χ4n) is 2.98. The van der Waals surface area contributed by atoms with Gasteiger partial charge in [-0.15, -0.1) is 0 Å². The van der Waals surface area contributed by atoms with Crippen molar-refractivity contribution in [1.29, 1.82) is 0 Å². The summed E-state index contributed by atoms with van der Waals surface area (Å²) >= 11 is 0. The Kier molecular flexibility index (Phi) is 4.37. The molecule has 0 spiro atoms. The number of likely N-dealkylation sites (tertiary alicyclic amines) is 1. The average molecular weight is 348 g/mol. The summed E-state index contributed by atoms with van der Waals surface area (Å²) in [5.74, 6) is 1.27. The van der Waals surface area contributed by atoms with Crippen LogP contribution in [0.25, 0.3) is 0 Å². The van der Waals surface area contributed by atoms with E-state index >= 15 is 0 Å². The molecule has 1 unspecified atom stereocenters. The van der Waals surface area contributed by atoms with Crippen LogP contribution in [0, 0.1) is 11.8 Å². The molecule has 7 heteroatoms. The zero-order valence-corrected chi connectivity index (χ0v) is 15.8. The lowest BCUT2D eigenvalue weighted by atomic mass is 9.96. The Hall–Kier alpha value is -1.92. The fourth-order valence-corrected chi connectivity index (χ4v) is 2.98. The Labute approximate surface area is 148 Å². The van der Waals surface area contributed by atoms with Gasteiger partial charge in [-0.3, -0.25) is 9.59 Å². The van der Waals surface area contributed by atoms with E-state index in [0.29, 0.717) is 24.2 Å². The molecule has 2 heterocycles. The van der Waals surface area contributed by atoms with Gasteiger partial charge in [-0.1, -0.05) is 25.9 Å². The SMILES string of the molecule is CC(C)(C)c1nc(C(C)(C)NC(=O)C2CC(=O)N(CC3CC3)C2)no1. The molecule has 7 nitrogen and oxygen atoms in total. The first-order chi connectivity index (χ1) is 11.6. The lowest BCUT2D eigenvalue weighted by Crippen LogP contribution is -2.45. The van der Waals surface area contributed by atoms with Crippen molar-refractivity contribution in [3.63, 3.8) is 0 Å². The number of carbonyl (C=O) groups is 2. The second-order valence-corrected chi connectivity index (χ2v) is 8.93. The minimum atomic E-state index is -0.753. The van der Waals surface area contributed by atoms with Crippen LogP contribution in [0.2, 0.25) is 0 Å². The normalized spacial score (nSPS) is 21.7. The predicted octanol–water partition coefficient (Wildman–Crippen LogP) is 1.98. The Bertz CT molecular complexity index is 670. The van der Waals surface area contributed by atoms with Crippen molar-refractivity contribution in [3.8, 4) is 0 Å². The third-order valence-electron chi connectivity index (χ3n) is 4.82. The number of amides is 2. The van der Waals surface area contributed by atoms with Crippen LogP contribution >= 0.6 is 0 Å². The van der Waals surface area contributed by atoms with Crippen molar-refractivity contribution in [2.24, 2.45) is 11.8 Å². The molecule has 1 N–H and O–H groups in total. The van der Waals surface area contributed by atoms with Crippen molar-refractivity contribution in [2.75, 3.05) is 13.1 Å². The highest BCUT2D eigenvalue weighted by Crippen LogP contribution is 2.32. The van der Waals surface area contributed by atoms with Gasteiger partial charge in [0.15, 0.2) is 5.82 Å². The monoisotopic (exact) mass is 348 g/mol. The number of nitrogens with one attached hydrogen (secondary N) is 1.